The van der Waals surface area contributed by atoms with Crippen molar-refractivity contribution in [3.8, 4) is 11.4 Å². The van der Waals surface area contributed by atoms with E-state index in [1.165, 1.54) is 17.3 Å². The topological polar surface area (TPSA) is 70.5 Å². The highest BCUT2D eigenvalue weighted by Crippen LogP contribution is 2.33. The number of thioether (sulfide) groups is 1. The standard InChI is InChI=1S/C20H20N6OS/c1-14-18(19(27)26(24(14)3)17-12-8-5-9-13-17)25-20(21-22-23-25)28-15(2)16-10-6-4-7-11-16/h4-13,15H,1-3H3/t15-/m0/s1. The molecule has 0 saturated heterocycles. The molecule has 2 aromatic carbocycles. The molecule has 2 heterocycles. The van der Waals surface area contributed by atoms with E-state index < -0.39 is 0 Å². The molecular weight excluding hydrogens is 372 g/mol. The molecule has 0 radical (unpaired) electrons. The Balaban J connectivity index is 1.76. The Morgan fingerprint density at radius 1 is 1.00 bits per heavy atom. The van der Waals surface area contributed by atoms with Gasteiger partial charge in [0.05, 0.1) is 11.4 Å². The average Bonchev–Trinajstić information content (AvgIpc) is 3.25. The Kier molecular flexibility index (Phi) is 4.87. The van der Waals surface area contributed by atoms with Crippen molar-refractivity contribution in [3.63, 3.8) is 0 Å². The molecule has 2 aromatic heterocycles. The SMILES string of the molecule is Cc1c(-n2nnnc2S[C@@H](C)c2ccccc2)c(=O)n(-c2ccccc2)n1C. The maximum atomic E-state index is 13.2. The van der Waals surface area contributed by atoms with E-state index in [4.69, 9.17) is 0 Å². The van der Waals surface area contributed by atoms with Crippen molar-refractivity contribution in [2.45, 2.75) is 24.3 Å². The Labute approximate surface area is 166 Å². The predicted molar refractivity (Wildman–Crippen MR) is 109 cm³/mol. The van der Waals surface area contributed by atoms with Crippen LogP contribution in [0.25, 0.3) is 11.4 Å². The number of aromatic nitrogens is 6. The summed E-state index contributed by atoms with van der Waals surface area (Å²) >= 11 is 1.52. The van der Waals surface area contributed by atoms with Crippen LogP contribution in [0, 0.1) is 6.92 Å². The number of nitrogens with zero attached hydrogens (tertiary/aromatic N) is 6. The average molecular weight is 392 g/mol. The molecule has 4 rings (SSSR count). The van der Waals surface area contributed by atoms with Crippen LogP contribution in [-0.4, -0.2) is 29.6 Å². The normalized spacial score (nSPS) is 12.2. The van der Waals surface area contributed by atoms with Crippen molar-refractivity contribution in [1.82, 2.24) is 29.6 Å². The number of rotatable bonds is 5. The first-order chi connectivity index (χ1) is 13.6. The van der Waals surface area contributed by atoms with Gasteiger partial charge in [0.15, 0.2) is 5.69 Å². The summed E-state index contributed by atoms with van der Waals surface area (Å²) in [4.78, 5) is 13.2. The molecule has 142 valence electrons. The zero-order chi connectivity index (χ0) is 19.7. The molecule has 0 bridgehead atoms. The fourth-order valence-corrected chi connectivity index (χ4v) is 4.06. The molecule has 0 unspecified atom stereocenters. The second kappa shape index (κ2) is 7.47. The number of hydrogen-bond acceptors (Lipinski definition) is 5. The van der Waals surface area contributed by atoms with Gasteiger partial charge in [-0.2, -0.15) is 4.68 Å². The summed E-state index contributed by atoms with van der Waals surface area (Å²) in [5.41, 5.74) is 3.06. The van der Waals surface area contributed by atoms with Crippen LogP contribution in [-0.2, 0) is 7.05 Å². The molecule has 8 heteroatoms. The summed E-state index contributed by atoms with van der Waals surface area (Å²) in [7, 11) is 1.86. The van der Waals surface area contributed by atoms with Crippen LogP contribution < -0.4 is 5.56 Å². The monoisotopic (exact) mass is 392 g/mol. The number of para-hydroxylation sites is 1. The molecular formula is C20H20N6OS. The van der Waals surface area contributed by atoms with Gasteiger partial charge in [-0.05, 0) is 42.0 Å². The van der Waals surface area contributed by atoms with E-state index >= 15 is 0 Å². The lowest BCUT2D eigenvalue weighted by molar-refractivity contribution is 0.630. The van der Waals surface area contributed by atoms with Gasteiger partial charge in [-0.15, -0.1) is 5.10 Å². The molecule has 0 N–H and O–H groups in total. The molecule has 0 saturated carbocycles. The van der Waals surface area contributed by atoms with E-state index in [1.54, 1.807) is 9.36 Å². The number of tetrazole rings is 1. The Bertz CT molecular complexity index is 1150. The molecule has 0 aliphatic heterocycles. The lowest BCUT2D eigenvalue weighted by atomic mass is 10.2. The quantitative estimate of drug-likeness (QED) is 0.487. The molecule has 0 aliphatic rings. The lowest BCUT2D eigenvalue weighted by Gasteiger charge is -2.10. The van der Waals surface area contributed by atoms with Gasteiger partial charge < -0.3 is 0 Å². The van der Waals surface area contributed by atoms with Crippen molar-refractivity contribution in [3.05, 3.63) is 82.3 Å². The summed E-state index contributed by atoms with van der Waals surface area (Å²) in [5, 5.41) is 12.8. The first kappa shape index (κ1) is 18.2. The van der Waals surface area contributed by atoms with Gasteiger partial charge in [-0.3, -0.25) is 9.48 Å². The van der Waals surface area contributed by atoms with Gasteiger partial charge in [0.25, 0.3) is 5.56 Å². The van der Waals surface area contributed by atoms with Crippen molar-refractivity contribution in [1.29, 1.82) is 0 Å². The fourth-order valence-electron chi connectivity index (χ4n) is 3.14. The van der Waals surface area contributed by atoms with Crippen LogP contribution in [0.3, 0.4) is 0 Å². The first-order valence-electron chi connectivity index (χ1n) is 8.92. The maximum absolute atomic E-state index is 13.2. The van der Waals surface area contributed by atoms with E-state index in [2.05, 4.69) is 34.6 Å². The second-order valence-electron chi connectivity index (χ2n) is 6.45. The van der Waals surface area contributed by atoms with E-state index in [1.807, 2.05) is 67.2 Å². The Hall–Kier alpha value is -3.13. The van der Waals surface area contributed by atoms with Gasteiger partial charge in [-0.1, -0.05) is 60.3 Å². The smallest absolute Gasteiger partial charge is 0.283 e. The molecule has 4 aromatic rings. The van der Waals surface area contributed by atoms with Crippen LogP contribution in [0.15, 0.2) is 70.6 Å². The third-order valence-corrected chi connectivity index (χ3v) is 5.82. The molecule has 7 nitrogen and oxygen atoms in total. The Morgan fingerprint density at radius 2 is 1.64 bits per heavy atom. The van der Waals surface area contributed by atoms with Crippen LogP contribution in [0.2, 0.25) is 0 Å². The fraction of sp³-hybridized carbons (Fsp3) is 0.200. The van der Waals surface area contributed by atoms with Crippen molar-refractivity contribution in [2.24, 2.45) is 7.05 Å². The minimum atomic E-state index is -0.160. The van der Waals surface area contributed by atoms with Crippen molar-refractivity contribution < 1.29 is 0 Å². The van der Waals surface area contributed by atoms with Gasteiger partial charge in [0, 0.05) is 12.3 Å². The van der Waals surface area contributed by atoms with Crippen molar-refractivity contribution in [2.75, 3.05) is 0 Å². The first-order valence-corrected chi connectivity index (χ1v) is 9.80. The van der Waals surface area contributed by atoms with Gasteiger partial charge in [0.1, 0.15) is 0 Å². The second-order valence-corrected chi connectivity index (χ2v) is 7.76. The van der Waals surface area contributed by atoms with Crippen LogP contribution in [0.1, 0.15) is 23.4 Å². The highest BCUT2D eigenvalue weighted by molar-refractivity contribution is 7.99. The summed E-state index contributed by atoms with van der Waals surface area (Å²) in [6, 6.07) is 19.7. The minimum Gasteiger partial charge on any atom is -0.283 e. The zero-order valence-electron chi connectivity index (χ0n) is 15.9. The predicted octanol–water partition coefficient (Wildman–Crippen LogP) is 3.31. The summed E-state index contributed by atoms with van der Waals surface area (Å²) in [6.45, 7) is 3.99. The van der Waals surface area contributed by atoms with Crippen LogP contribution in [0.4, 0.5) is 0 Å². The zero-order valence-corrected chi connectivity index (χ0v) is 16.7. The third-order valence-electron chi connectivity index (χ3n) is 4.73. The van der Waals surface area contributed by atoms with Crippen LogP contribution >= 0.6 is 11.8 Å². The van der Waals surface area contributed by atoms with Gasteiger partial charge in [-0.25, -0.2) is 4.68 Å². The molecule has 0 aliphatic carbocycles. The van der Waals surface area contributed by atoms with E-state index in [0.717, 1.165) is 11.4 Å². The van der Waals surface area contributed by atoms with E-state index in [-0.39, 0.29) is 10.8 Å². The lowest BCUT2D eigenvalue weighted by Crippen LogP contribution is -2.22. The maximum Gasteiger partial charge on any atom is 0.297 e. The van der Waals surface area contributed by atoms with Gasteiger partial charge >= 0.3 is 0 Å². The van der Waals surface area contributed by atoms with Crippen LogP contribution in [0.5, 0.6) is 0 Å². The Morgan fingerprint density at radius 3 is 2.32 bits per heavy atom. The molecule has 0 spiro atoms. The molecule has 0 fully saturated rings. The summed E-state index contributed by atoms with van der Waals surface area (Å²) < 4.78 is 4.99. The highest BCUT2D eigenvalue weighted by atomic mass is 32.2. The minimum absolute atomic E-state index is 0.145. The van der Waals surface area contributed by atoms with Gasteiger partial charge in [0.2, 0.25) is 5.16 Å². The molecule has 1 atom stereocenters. The molecule has 28 heavy (non-hydrogen) atoms. The van der Waals surface area contributed by atoms with E-state index in [9.17, 15) is 4.79 Å². The van der Waals surface area contributed by atoms with E-state index in [0.29, 0.717) is 10.8 Å². The third kappa shape index (κ3) is 3.16. The summed E-state index contributed by atoms with van der Waals surface area (Å²) in [6.07, 6.45) is 0. The van der Waals surface area contributed by atoms with Crippen molar-refractivity contribution >= 4 is 11.8 Å². The molecule has 0 amide bonds. The summed E-state index contributed by atoms with van der Waals surface area (Å²) in [5.74, 6) is 0. The number of benzene rings is 2. The largest absolute Gasteiger partial charge is 0.297 e. The highest BCUT2D eigenvalue weighted by Gasteiger charge is 2.23. The number of hydrogen-bond donors (Lipinski definition) is 0.